The summed E-state index contributed by atoms with van der Waals surface area (Å²) in [5.74, 6) is 2.77. The Morgan fingerprint density at radius 3 is 2.72 bits per heavy atom. The van der Waals surface area contributed by atoms with Crippen molar-refractivity contribution in [2.24, 2.45) is 5.73 Å². The van der Waals surface area contributed by atoms with Crippen molar-refractivity contribution in [2.75, 3.05) is 19.8 Å². The predicted octanol–water partition coefficient (Wildman–Crippen LogP) is 1.79. The average Bonchev–Trinajstić information content (AvgIpc) is 2.79. The minimum Gasteiger partial charge on any atom is -0.486 e. The summed E-state index contributed by atoms with van der Waals surface area (Å²) in [4.78, 5) is 7.91. The molecule has 2 heterocycles. The number of imidazole rings is 1. The van der Waals surface area contributed by atoms with Crippen molar-refractivity contribution in [2.45, 2.75) is 19.3 Å². The number of benzene rings is 1. The molecule has 1 aromatic carbocycles. The summed E-state index contributed by atoms with van der Waals surface area (Å²) in [7, 11) is 0. The van der Waals surface area contributed by atoms with Crippen LogP contribution in [0, 0.1) is 0 Å². The van der Waals surface area contributed by atoms with Crippen LogP contribution in [0.5, 0.6) is 11.5 Å². The van der Waals surface area contributed by atoms with Gasteiger partial charge in [0, 0.05) is 24.6 Å². The summed E-state index contributed by atoms with van der Waals surface area (Å²) in [6.07, 6.45) is 0.975. The lowest BCUT2D eigenvalue weighted by Crippen LogP contribution is -2.15. The number of hydrogen-bond donors (Lipinski definition) is 2. The molecule has 3 N–H and O–H groups in total. The number of aromatic nitrogens is 2. The molecule has 18 heavy (non-hydrogen) atoms. The Hall–Kier alpha value is -1.75. The highest BCUT2D eigenvalue weighted by Crippen LogP contribution is 2.34. The number of nitrogens with one attached hydrogen (secondary N) is 1. The normalized spacial score (nSPS) is 15.9. The second kappa shape index (κ2) is 4.49. The van der Waals surface area contributed by atoms with Crippen LogP contribution in [-0.2, 0) is 0 Å². The van der Waals surface area contributed by atoms with Crippen LogP contribution in [0.1, 0.15) is 25.1 Å². The van der Waals surface area contributed by atoms with Gasteiger partial charge in [-0.25, -0.2) is 4.98 Å². The second-order valence-electron chi connectivity index (χ2n) is 4.48. The molecule has 1 aromatic heterocycles. The Labute approximate surface area is 105 Å². The molecule has 1 atom stereocenters. The topological polar surface area (TPSA) is 73.2 Å². The highest BCUT2D eigenvalue weighted by atomic mass is 16.6. The zero-order valence-electron chi connectivity index (χ0n) is 10.4. The maximum Gasteiger partial charge on any atom is 0.163 e. The van der Waals surface area contributed by atoms with Crippen LogP contribution >= 0.6 is 0 Å². The number of aromatic amines is 1. The molecule has 1 unspecified atom stereocenters. The summed E-state index contributed by atoms with van der Waals surface area (Å²) >= 11 is 0. The van der Waals surface area contributed by atoms with E-state index in [1.54, 1.807) is 0 Å². The maximum atomic E-state index is 5.75. The van der Waals surface area contributed by atoms with E-state index in [1.165, 1.54) is 0 Å². The number of fused-ring (bicyclic) bond motifs is 2. The molecule has 0 amide bonds. The Morgan fingerprint density at radius 1 is 1.33 bits per heavy atom. The lowest BCUT2D eigenvalue weighted by molar-refractivity contribution is 0.172. The third kappa shape index (κ3) is 1.80. The van der Waals surface area contributed by atoms with Crippen molar-refractivity contribution in [3.8, 4) is 11.5 Å². The fraction of sp³-hybridized carbons (Fsp3) is 0.462. The van der Waals surface area contributed by atoms with Crippen LogP contribution < -0.4 is 15.2 Å². The van der Waals surface area contributed by atoms with Gasteiger partial charge in [0.1, 0.15) is 19.0 Å². The predicted molar refractivity (Wildman–Crippen MR) is 69.2 cm³/mol. The zero-order valence-corrected chi connectivity index (χ0v) is 10.4. The minimum atomic E-state index is 0.274. The molecule has 0 bridgehead atoms. The van der Waals surface area contributed by atoms with Gasteiger partial charge in [-0.05, 0) is 6.42 Å². The number of nitrogens with zero attached hydrogens (tertiary/aromatic N) is 1. The molecule has 5 heteroatoms. The van der Waals surface area contributed by atoms with Crippen LogP contribution in [0.3, 0.4) is 0 Å². The first kappa shape index (κ1) is 11.3. The summed E-state index contributed by atoms with van der Waals surface area (Å²) < 4.78 is 11.1. The van der Waals surface area contributed by atoms with Crippen LogP contribution in [0.25, 0.3) is 11.0 Å². The third-order valence-corrected chi connectivity index (χ3v) is 3.33. The fourth-order valence-corrected chi connectivity index (χ4v) is 2.23. The van der Waals surface area contributed by atoms with E-state index >= 15 is 0 Å². The SMILES string of the molecule is CCC(CN)c1nc2cc3c(cc2[nH]1)OCCO3. The number of rotatable bonds is 3. The molecule has 1 aliphatic heterocycles. The van der Waals surface area contributed by atoms with E-state index in [0.717, 1.165) is 34.8 Å². The Kier molecular flexibility index (Phi) is 2.83. The van der Waals surface area contributed by atoms with Gasteiger partial charge < -0.3 is 20.2 Å². The average molecular weight is 247 g/mol. The number of ether oxygens (including phenoxy) is 2. The van der Waals surface area contributed by atoms with Gasteiger partial charge in [0.2, 0.25) is 0 Å². The Morgan fingerprint density at radius 2 is 2.06 bits per heavy atom. The monoisotopic (exact) mass is 247 g/mol. The van der Waals surface area contributed by atoms with E-state index < -0.39 is 0 Å². The number of H-pyrrole nitrogens is 1. The molecule has 0 aliphatic carbocycles. The van der Waals surface area contributed by atoms with Gasteiger partial charge in [0.25, 0.3) is 0 Å². The molecule has 5 nitrogen and oxygen atoms in total. The summed E-state index contributed by atoms with van der Waals surface area (Å²) in [6.45, 7) is 3.90. The summed E-state index contributed by atoms with van der Waals surface area (Å²) in [6, 6.07) is 3.87. The molecule has 0 fully saturated rings. The van der Waals surface area contributed by atoms with Crippen molar-refractivity contribution >= 4 is 11.0 Å². The second-order valence-corrected chi connectivity index (χ2v) is 4.48. The van der Waals surface area contributed by atoms with Crippen molar-refractivity contribution < 1.29 is 9.47 Å². The van der Waals surface area contributed by atoms with Crippen molar-refractivity contribution in [3.05, 3.63) is 18.0 Å². The molecule has 96 valence electrons. The number of nitrogens with two attached hydrogens (primary N) is 1. The van der Waals surface area contributed by atoms with E-state index in [4.69, 9.17) is 15.2 Å². The van der Waals surface area contributed by atoms with Crippen molar-refractivity contribution in [3.63, 3.8) is 0 Å². The highest BCUT2D eigenvalue weighted by Gasteiger charge is 2.17. The first-order chi connectivity index (χ1) is 8.81. The van der Waals surface area contributed by atoms with E-state index in [0.29, 0.717) is 19.8 Å². The molecule has 0 spiro atoms. The van der Waals surface area contributed by atoms with Crippen molar-refractivity contribution in [1.29, 1.82) is 0 Å². The first-order valence-corrected chi connectivity index (χ1v) is 6.31. The van der Waals surface area contributed by atoms with Gasteiger partial charge >= 0.3 is 0 Å². The zero-order chi connectivity index (χ0) is 12.5. The smallest absolute Gasteiger partial charge is 0.163 e. The summed E-state index contributed by atoms with van der Waals surface area (Å²) in [5.41, 5.74) is 7.63. The molecular weight excluding hydrogens is 230 g/mol. The Balaban J connectivity index is 2.06. The molecule has 0 saturated heterocycles. The lowest BCUT2D eigenvalue weighted by Gasteiger charge is -2.17. The fourth-order valence-electron chi connectivity index (χ4n) is 2.23. The quantitative estimate of drug-likeness (QED) is 0.867. The van der Waals surface area contributed by atoms with E-state index in [9.17, 15) is 0 Å². The number of hydrogen-bond acceptors (Lipinski definition) is 4. The van der Waals surface area contributed by atoms with Gasteiger partial charge in [-0.1, -0.05) is 6.92 Å². The van der Waals surface area contributed by atoms with Gasteiger partial charge in [0.15, 0.2) is 11.5 Å². The van der Waals surface area contributed by atoms with Gasteiger partial charge in [-0.3, -0.25) is 0 Å². The van der Waals surface area contributed by atoms with Crippen LogP contribution in [-0.4, -0.2) is 29.7 Å². The van der Waals surface area contributed by atoms with Crippen LogP contribution in [0.4, 0.5) is 0 Å². The van der Waals surface area contributed by atoms with E-state index in [-0.39, 0.29) is 5.92 Å². The molecule has 1 aliphatic rings. The third-order valence-electron chi connectivity index (χ3n) is 3.33. The van der Waals surface area contributed by atoms with E-state index in [1.807, 2.05) is 12.1 Å². The standard InChI is InChI=1S/C13H17N3O2/c1-2-8(7-14)13-15-9-5-11-12(6-10(9)16-13)18-4-3-17-11/h5-6,8H,2-4,7,14H2,1H3,(H,15,16). The largest absolute Gasteiger partial charge is 0.486 e. The molecule has 2 aromatic rings. The first-order valence-electron chi connectivity index (χ1n) is 6.31. The highest BCUT2D eigenvalue weighted by molar-refractivity contribution is 5.80. The minimum absolute atomic E-state index is 0.274. The molecule has 0 saturated carbocycles. The van der Waals surface area contributed by atoms with Gasteiger partial charge in [-0.15, -0.1) is 0 Å². The van der Waals surface area contributed by atoms with E-state index in [2.05, 4.69) is 16.9 Å². The summed E-state index contributed by atoms with van der Waals surface area (Å²) in [5, 5.41) is 0. The van der Waals surface area contributed by atoms with Crippen molar-refractivity contribution in [1.82, 2.24) is 9.97 Å². The van der Waals surface area contributed by atoms with Gasteiger partial charge in [-0.2, -0.15) is 0 Å². The maximum absolute atomic E-state index is 5.75. The molecule has 0 radical (unpaired) electrons. The van der Waals surface area contributed by atoms with Crippen LogP contribution in [0.15, 0.2) is 12.1 Å². The molecular formula is C13H17N3O2. The Bertz CT molecular complexity index is 518. The lowest BCUT2D eigenvalue weighted by atomic mass is 10.1. The van der Waals surface area contributed by atoms with Gasteiger partial charge in [0.05, 0.1) is 11.0 Å². The molecule has 3 rings (SSSR count). The van der Waals surface area contributed by atoms with Crippen LogP contribution in [0.2, 0.25) is 0 Å².